The minimum absolute atomic E-state index is 0.336. The van der Waals surface area contributed by atoms with Gasteiger partial charge in [0.15, 0.2) is 0 Å². The predicted molar refractivity (Wildman–Crippen MR) is 57.6 cm³/mol. The second-order valence-electron chi connectivity index (χ2n) is 3.35. The van der Waals surface area contributed by atoms with Crippen molar-refractivity contribution in [3.05, 3.63) is 11.6 Å². The number of allylic oxidation sites excluding steroid dienone is 1. The van der Waals surface area contributed by atoms with Crippen LogP contribution in [0.2, 0.25) is 0 Å². The molecule has 0 aromatic carbocycles. The maximum atomic E-state index is 11.6. The predicted octanol–water partition coefficient (Wildman–Crippen LogP) is 1.15. The molecule has 15 heavy (non-hydrogen) atoms. The van der Waals surface area contributed by atoms with E-state index in [2.05, 4.69) is 9.47 Å². The van der Waals surface area contributed by atoms with Gasteiger partial charge in [-0.25, -0.2) is 9.59 Å². The van der Waals surface area contributed by atoms with Gasteiger partial charge in [-0.2, -0.15) is 0 Å². The first-order chi connectivity index (χ1) is 7.06. The van der Waals surface area contributed by atoms with Gasteiger partial charge in [0.25, 0.3) is 0 Å². The lowest BCUT2D eigenvalue weighted by atomic mass is 10.0. The number of ether oxygens (including phenoxy) is 2. The average Bonchev–Trinajstić information content (AvgIpc) is 2.28. The summed E-state index contributed by atoms with van der Waals surface area (Å²) in [5.41, 5.74) is 1.16. The quantitative estimate of drug-likeness (QED) is 0.405. The van der Waals surface area contributed by atoms with Gasteiger partial charge in [0, 0.05) is 12.2 Å². The van der Waals surface area contributed by atoms with Crippen LogP contribution in [-0.2, 0) is 19.1 Å². The fourth-order valence-corrected chi connectivity index (χ4v) is 2.57. The molecular formula is C10H14O4S. The Labute approximate surface area is 93.0 Å². The van der Waals surface area contributed by atoms with Crippen LogP contribution in [0, 0.1) is 0 Å². The van der Waals surface area contributed by atoms with E-state index in [0.29, 0.717) is 12.2 Å². The summed E-state index contributed by atoms with van der Waals surface area (Å²) in [6.45, 7) is 1.96. The van der Waals surface area contributed by atoms with Crippen LogP contribution in [-0.4, -0.2) is 36.7 Å². The number of esters is 2. The van der Waals surface area contributed by atoms with Gasteiger partial charge in [-0.1, -0.05) is 11.6 Å². The van der Waals surface area contributed by atoms with Crippen LogP contribution in [0.15, 0.2) is 11.6 Å². The molecule has 0 saturated carbocycles. The average molecular weight is 230 g/mol. The summed E-state index contributed by atoms with van der Waals surface area (Å²) >= 11 is 1.27. The molecule has 1 aliphatic rings. The van der Waals surface area contributed by atoms with Crippen molar-refractivity contribution in [1.82, 2.24) is 0 Å². The third kappa shape index (κ3) is 2.17. The SMILES string of the molecule is COC(=O)C1(C(=O)OC)CC=C(C)CS1. The van der Waals surface area contributed by atoms with Crippen molar-refractivity contribution >= 4 is 23.7 Å². The Kier molecular flexibility index (Phi) is 3.79. The fourth-order valence-electron chi connectivity index (χ4n) is 1.37. The number of carbonyl (C=O) groups excluding carboxylic acids is 2. The molecule has 0 bridgehead atoms. The van der Waals surface area contributed by atoms with Crippen LogP contribution in [0.1, 0.15) is 13.3 Å². The zero-order valence-corrected chi connectivity index (χ0v) is 9.85. The van der Waals surface area contributed by atoms with E-state index >= 15 is 0 Å². The molecule has 1 aliphatic heterocycles. The molecule has 0 radical (unpaired) electrons. The molecule has 1 heterocycles. The Morgan fingerprint density at radius 3 is 2.20 bits per heavy atom. The first-order valence-corrected chi connectivity index (χ1v) is 5.52. The molecule has 0 aromatic rings. The zero-order valence-electron chi connectivity index (χ0n) is 9.03. The molecule has 0 spiro atoms. The summed E-state index contributed by atoms with van der Waals surface area (Å²) in [5, 5.41) is 0. The number of carbonyl (C=O) groups is 2. The summed E-state index contributed by atoms with van der Waals surface area (Å²) in [4.78, 5) is 23.2. The zero-order chi connectivity index (χ0) is 11.5. The molecular weight excluding hydrogens is 216 g/mol. The van der Waals surface area contributed by atoms with Crippen LogP contribution >= 0.6 is 11.8 Å². The molecule has 1 rings (SSSR count). The van der Waals surface area contributed by atoms with Crippen molar-refractivity contribution in [2.45, 2.75) is 18.1 Å². The largest absolute Gasteiger partial charge is 0.468 e. The third-order valence-corrected chi connectivity index (χ3v) is 3.91. The summed E-state index contributed by atoms with van der Waals surface area (Å²) in [6, 6.07) is 0. The number of methoxy groups -OCH3 is 2. The highest BCUT2D eigenvalue weighted by molar-refractivity contribution is 8.02. The molecule has 5 heteroatoms. The van der Waals surface area contributed by atoms with E-state index in [1.54, 1.807) is 0 Å². The van der Waals surface area contributed by atoms with Crippen LogP contribution in [0.3, 0.4) is 0 Å². The van der Waals surface area contributed by atoms with Gasteiger partial charge in [-0.15, -0.1) is 11.8 Å². The summed E-state index contributed by atoms with van der Waals surface area (Å²) < 4.78 is 8.12. The van der Waals surface area contributed by atoms with E-state index in [0.717, 1.165) is 5.57 Å². The Morgan fingerprint density at radius 2 is 1.87 bits per heavy atom. The Morgan fingerprint density at radius 1 is 1.33 bits per heavy atom. The molecule has 84 valence electrons. The number of rotatable bonds is 2. The molecule has 0 aromatic heterocycles. The van der Waals surface area contributed by atoms with E-state index in [9.17, 15) is 9.59 Å². The lowest BCUT2D eigenvalue weighted by molar-refractivity contribution is -0.155. The van der Waals surface area contributed by atoms with Crippen LogP contribution in [0.25, 0.3) is 0 Å². The van der Waals surface area contributed by atoms with Gasteiger partial charge in [0.1, 0.15) is 0 Å². The lowest BCUT2D eigenvalue weighted by Gasteiger charge is -2.29. The van der Waals surface area contributed by atoms with Gasteiger partial charge in [-0.3, -0.25) is 0 Å². The maximum Gasteiger partial charge on any atom is 0.333 e. The normalized spacial score (nSPS) is 19.0. The van der Waals surface area contributed by atoms with Crippen molar-refractivity contribution in [3.63, 3.8) is 0 Å². The third-order valence-electron chi connectivity index (χ3n) is 2.31. The van der Waals surface area contributed by atoms with Gasteiger partial charge in [-0.05, 0) is 6.92 Å². The first-order valence-electron chi connectivity index (χ1n) is 4.53. The van der Waals surface area contributed by atoms with Crippen LogP contribution in [0.5, 0.6) is 0 Å². The molecule has 0 unspecified atom stereocenters. The number of hydrogen-bond acceptors (Lipinski definition) is 5. The van der Waals surface area contributed by atoms with Crippen molar-refractivity contribution in [2.24, 2.45) is 0 Å². The Bertz CT molecular complexity index is 293. The Hall–Kier alpha value is -0.970. The standard InChI is InChI=1S/C10H14O4S/c1-7-4-5-10(15-6-7,8(11)13-2)9(12)14-3/h4H,5-6H2,1-3H3. The minimum Gasteiger partial charge on any atom is -0.468 e. The summed E-state index contributed by atoms with van der Waals surface area (Å²) in [7, 11) is 2.55. The second kappa shape index (κ2) is 4.70. The molecule has 0 N–H and O–H groups in total. The summed E-state index contributed by atoms with van der Waals surface area (Å²) in [5.74, 6) is -0.435. The van der Waals surface area contributed by atoms with Crippen molar-refractivity contribution in [1.29, 1.82) is 0 Å². The number of thioether (sulfide) groups is 1. The fraction of sp³-hybridized carbons (Fsp3) is 0.600. The van der Waals surface area contributed by atoms with Crippen LogP contribution in [0.4, 0.5) is 0 Å². The molecule has 0 fully saturated rings. The van der Waals surface area contributed by atoms with E-state index in [4.69, 9.17) is 0 Å². The van der Waals surface area contributed by atoms with Gasteiger partial charge in [0.05, 0.1) is 14.2 Å². The van der Waals surface area contributed by atoms with Crippen LogP contribution < -0.4 is 0 Å². The van der Waals surface area contributed by atoms with Gasteiger partial charge >= 0.3 is 11.9 Å². The second-order valence-corrected chi connectivity index (χ2v) is 4.63. The molecule has 0 atom stereocenters. The molecule has 0 amide bonds. The highest BCUT2D eigenvalue weighted by atomic mass is 32.2. The van der Waals surface area contributed by atoms with E-state index in [-0.39, 0.29) is 0 Å². The van der Waals surface area contributed by atoms with E-state index < -0.39 is 16.7 Å². The van der Waals surface area contributed by atoms with Gasteiger partial charge in [0.2, 0.25) is 4.75 Å². The Balaban J connectivity index is 2.98. The van der Waals surface area contributed by atoms with Gasteiger partial charge < -0.3 is 9.47 Å². The molecule has 4 nitrogen and oxygen atoms in total. The highest BCUT2D eigenvalue weighted by Crippen LogP contribution is 2.37. The van der Waals surface area contributed by atoms with Crippen molar-refractivity contribution in [3.8, 4) is 0 Å². The van der Waals surface area contributed by atoms with E-state index in [1.807, 2.05) is 13.0 Å². The van der Waals surface area contributed by atoms with Crippen molar-refractivity contribution in [2.75, 3.05) is 20.0 Å². The molecule has 0 aliphatic carbocycles. The monoisotopic (exact) mass is 230 g/mol. The first kappa shape index (κ1) is 12.1. The smallest absolute Gasteiger partial charge is 0.333 e. The van der Waals surface area contributed by atoms with Crippen molar-refractivity contribution < 1.29 is 19.1 Å². The summed E-state index contributed by atoms with van der Waals surface area (Å²) in [6.07, 6.45) is 2.22. The van der Waals surface area contributed by atoms with E-state index in [1.165, 1.54) is 26.0 Å². The maximum absolute atomic E-state index is 11.6. The molecule has 0 saturated heterocycles. The highest BCUT2D eigenvalue weighted by Gasteiger charge is 2.49. The number of hydrogen-bond donors (Lipinski definition) is 0. The lowest BCUT2D eigenvalue weighted by Crippen LogP contribution is -2.46. The minimum atomic E-state index is -1.21. The topological polar surface area (TPSA) is 52.6 Å².